The smallest absolute Gasteiger partial charge is 0.352 e. The normalized spacial score (nSPS) is 30.6. The number of carbonyl (C=O) groups is 1. The maximum Gasteiger partial charge on any atom is 0.352 e. The van der Waals surface area contributed by atoms with Crippen molar-refractivity contribution in [3.05, 3.63) is 18.0 Å². The van der Waals surface area contributed by atoms with Gasteiger partial charge in [0, 0.05) is 25.2 Å². The molecule has 20 heavy (non-hydrogen) atoms. The van der Waals surface area contributed by atoms with Crippen molar-refractivity contribution in [2.45, 2.75) is 23.8 Å². The molecule has 3 atom stereocenters. The number of nitrogens with one attached hydrogen (secondary N) is 1. The highest BCUT2D eigenvalue weighted by atomic mass is 32.2. The first-order valence-corrected chi connectivity index (χ1v) is 7.93. The number of carboxylic acid groups (broad SMARTS) is 1. The molecule has 3 rings (SSSR count). The molecule has 2 aliphatic rings. The topological polar surface area (TPSA) is 111 Å². The summed E-state index contributed by atoms with van der Waals surface area (Å²) in [6.07, 6.45) is 2.34. The lowest BCUT2D eigenvalue weighted by molar-refractivity contribution is 0.0691. The van der Waals surface area contributed by atoms with E-state index >= 15 is 0 Å². The van der Waals surface area contributed by atoms with Crippen LogP contribution in [0.3, 0.4) is 0 Å². The fourth-order valence-corrected chi connectivity index (χ4v) is 4.72. The van der Waals surface area contributed by atoms with Crippen molar-refractivity contribution < 1.29 is 23.4 Å². The molecular formula is C12H16N2O5S. The maximum atomic E-state index is 12.4. The van der Waals surface area contributed by atoms with E-state index in [0.717, 1.165) is 18.9 Å². The molecule has 0 spiro atoms. The van der Waals surface area contributed by atoms with Gasteiger partial charge in [-0.2, -0.15) is 4.31 Å². The molecule has 2 heterocycles. The van der Waals surface area contributed by atoms with Crippen LogP contribution in [-0.4, -0.2) is 53.1 Å². The zero-order valence-electron chi connectivity index (χ0n) is 10.7. The highest BCUT2D eigenvalue weighted by Crippen LogP contribution is 2.40. The van der Waals surface area contributed by atoms with Gasteiger partial charge in [0.2, 0.25) is 10.0 Å². The molecule has 3 unspecified atom stereocenters. The van der Waals surface area contributed by atoms with Crippen LogP contribution in [0.25, 0.3) is 0 Å². The number of aromatic carboxylic acids is 1. The maximum absolute atomic E-state index is 12.4. The van der Waals surface area contributed by atoms with E-state index in [1.807, 2.05) is 0 Å². The van der Waals surface area contributed by atoms with E-state index in [4.69, 9.17) is 5.11 Å². The number of rotatable bonds is 3. The Morgan fingerprint density at radius 2 is 2.10 bits per heavy atom. The minimum absolute atomic E-state index is 0.00246. The number of aromatic amines is 1. The lowest BCUT2D eigenvalue weighted by atomic mass is 10.00. The van der Waals surface area contributed by atoms with Crippen LogP contribution in [0.5, 0.6) is 0 Å². The van der Waals surface area contributed by atoms with Crippen molar-refractivity contribution in [3.63, 3.8) is 0 Å². The molecule has 7 nitrogen and oxygen atoms in total. The largest absolute Gasteiger partial charge is 0.477 e. The third-order valence-corrected chi connectivity index (χ3v) is 6.12. The second-order valence-electron chi connectivity index (χ2n) is 5.44. The van der Waals surface area contributed by atoms with Crippen LogP contribution in [0.15, 0.2) is 17.2 Å². The molecule has 1 aliphatic carbocycles. The summed E-state index contributed by atoms with van der Waals surface area (Å²) in [6.45, 7) is 0.708. The second-order valence-corrected chi connectivity index (χ2v) is 7.38. The third-order valence-electron chi connectivity index (χ3n) is 4.31. The third kappa shape index (κ3) is 2.04. The minimum atomic E-state index is -3.69. The van der Waals surface area contributed by atoms with Gasteiger partial charge in [-0.3, -0.25) is 0 Å². The van der Waals surface area contributed by atoms with Crippen LogP contribution in [-0.2, 0) is 10.0 Å². The standard InChI is InChI=1S/C12H16N2O5S/c15-11-2-1-7-5-14(6-9(7)11)20(18,19)8-3-10(12(16)17)13-4-8/h3-4,7,9,11,13,15H,1-2,5-6H2,(H,16,17). The first-order chi connectivity index (χ1) is 9.39. The molecule has 1 saturated carbocycles. The van der Waals surface area contributed by atoms with Crippen LogP contribution in [0.1, 0.15) is 23.3 Å². The molecule has 1 aromatic heterocycles. The predicted octanol–water partition coefficient (Wildman–Crippen LogP) is 0.104. The molecule has 1 saturated heterocycles. The van der Waals surface area contributed by atoms with Crippen molar-refractivity contribution in [2.75, 3.05) is 13.1 Å². The quantitative estimate of drug-likeness (QED) is 0.733. The predicted molar refractivity (Wildman–Crippen MR) is 68.7 cm³/mol. The van der Waals surface area contributed by atoms with E-state index in [0.29, 0.717) is 13.1 Å². The lowest BCUT2D eigenvalue weighted by Gasteiger charge is -2.17. The van der Waals surface area contributed by atoms with Crippen molar-refractivity contribution in [1.29, 1.82) is 0 Å². The number of carboxylic acids is 1. The summed E-state index contributed by atoms with van der Waals surface area (Å²) < 4.78 is 26.2. The summed E-state index contributed by atoms with van der Waals surface area (Å²) in [7, 11) is -3.69. The number of aromatic nitrogens is 1. The molecule has 3 N–H and O–H groups in total. The van der Waals surface area contributed by atoms with Gasteiger partial charge < -0.3 is 15.2 Å². The van der Waals surface area contributed by atoms with E-state index in [1.54, 1.807) is 0 Å². The summed E-state index contributed by atoms with van der Waals surface area (Å²) >= 11 is 0. The van der Waals surface area contributed by atoms with Gasteiger partial charge in [-0.25, -0.2) is 13.2 Å². The lowest BCUT2D eigenvalue weighted by Crippen LogP contribution is -2.30. The number of aliphatic hydroxyl groups excluding tert-OH is 1. The molecule has 0 radical (unpaired) electrons. The molecule has 1 aromatic rings. The zero-order valence-corrected chi connectivity index (χ0v) is 11.5. The molecular weight excluding hydrogens is 284 g/mol. The van der Waals surface area contributed by atoms with E-state index in [-0.39, 0.29) is 22.4 Å². The molecule has 0 aromatic carbocycles. The molecule has 1 aliphatic heterocycles. The first-order valence-electron chi connectivity index (χ1n) is 6.49. The Kier molecular flexibility index (Phi) is 3.11. The van der Waals surface area contributed by atoms with Gasteiger partial charge in [-0.15, -0.1) is 0 Å². The van der Waals surface area contributed by atoms with Crippen molar-refractivity contribution in [2.24, 2.45) is 11.8 Å². The van der Waals surface area contributed by atoms with Crippen LogP contribution in [0.2, 0.25) is 0 Å². The minimum Gasteiger partial charge on any atom is -0.477 e. The van der Waals surface area contributed by atoms with Gasteiger partial charge in [0.25, 0.3) is 0 Å². The van der Waals surface area contributed by atoms with Crippen molar-refractivity contribution >= 4 is 16.0 Å². The second kappa shape index (κ2) is 4.57. The number of sulfonamides is 1. The number of hydrogen-bond donors (Lipinski definition) is 3. The van der Waals surface area contributed by atoms with Crippen LogP contribution in [0.4, 0.5) is 0 Å². The Balaban J connectivity index is 1.84. The average Bonchev–Trinajstić information content (AvgIpc) is 3.06. The SMILES string of the molecule is O=C(O)c1cc(S(=O)(=O)N2CC3CCC(O)C3C2)c[nH]1. The highest BCUT2D eigenvalue weighted by molar-refractivity contribution is 7.89. The highest BCUT2D eigenvalue weighted by Gasteiger charge is 2.45. The Morgan fingerprint density at radius 1 is 1.35 bits per heavy atom. The monoisotopic (exact) mass is 300 g/mol. The zero-order chi connectivity index (χ0) is 14.5. The van der Waals surface area contributed by atoms with Gasteiger partial charge in [0.05, 0.1) is 6.10 Å². The fourth-order valence-electron chi connectivity index (χ4n) is 3.19. The molecule has 110 valence electrons. The Morgan fingerprint density at radius 3 is 2.70 bits per heavy atom. The van der Waals surface area contributed by atoms with Crippen molar-refractivity contribution in [1.82, 2.24) is 9.29 Å². The van der Waals surface area contributed by atoms with E-state index in [9.17, 15) is 18.3 Å². The molecule has 0 bridgehead atoms. The number of hydrogen-bond acceptors (Lipinski definition) is 4. The Labute approximate surface area is 116 Å². The molecule has 0 amide bonds. The first kappa shape index (κ1) is 13.6. The van der Waals surface area contributed by atoms with Crippen LogP contribution >= 0.6 is 0 Å². The number of aliphatic hydroxyl groups is 1. The van der Waals surface area contributed by atoms with E-state index < -0.39 is 22.1 Å². The van der Waals surface area contributed by atoms with E-state index in [2.05, 4.69) is 4.98 Å². The summed E-state index contributed by atoms with van der Waals surface area (Å²) in [5.74, 6) is -0.986. The number of H-pyrrole nitrogens is 1. The van der Waals surface area contributed by atoms with Crippen LogP contribution < -0.4 is 0 Å². The summed E-state index contributed by atoms with van der Waals surface area (Å²) in [6, 6.07) is 1.13. The summed E-state index contributed by atoms with van der Waals surface area (Å²) in [5.41, 5.74) is -0.150. The van der Waals surface area contributed by atoms with Crippen molar-refractivity contribution in [3.8, 4) is 0 Å². The Bertz CT molecular complexity index is 638. The van der Waals surface area contributed by atoms with Crippen LogP contribution in [0, 0.1) is 11.8 Å². The van der Waals surface area contributed by atoms with Gasteiger partial charge in [0.15, 0.2) is 0 Å². The van der Waals surface area contributed by atoms with Gasteiger partial charge in [0.1, 0.15) is 10.6 Å². The number of nitrogens with zero attached hydrogens (tertiary/aromatic N) is 1. The van der Waals surface area contributed by atoms with E-state index in [1.165, 1.54) is 10.5 Å². The molecule has 2 fully saturated rings. The average molecular weight is 300 g/mol. The van der Waals surface area contributed by atoms with Gasteiger partial charge >= 0.3 is 5.97 Å². The fraction of sp³-hybridized carbons (Fsp3) is 0.583. The Hall–Kier alpha value is -1.38. The molecule has 8 heteroatoms. The van der Waals surface area contributed by atoms with Gasteiger partial charge in [-0.05, 0) is 24.8 Å². The summed E-state index contributed by atoms with van der Waals surface area (Å²) in [4.78, 5) is 13.2. The summed E-state index contributed by atoms with van der Waals surface area (Å²) in [5, 5.41) is 18.6. The van der Waals surface area contributed by atoms with Gasteiger partial charge in [-0.1, -0.05) is 0 Å². The number of fused-ring (bicyclic) bond motifs is 1.